The zero-order valence-electron chi connectivity index (χ0n) is 10.7. The quantitative estimate of drug-likeness (QED) is 0.561. The van der Waals surface area contributed by atoms with Crippen molar-refractivity contribution < 1.29 is 4.39 Å². The van der Waals surface area contributed by atoms with Crippen molar-refractivity contribution >= 4 is 34.3 Å². The van der Waals surface area contributed by atoms with Crippen LogP contribution in [0, 0.1) is 12.7 Å². The van der Waals surface area contributed by atoms with Crippen LogP contribution in [0.2, 0.25) is 0 Å². The van der Waals surface area contributed by atoms with E-state index >= 15 is 0 Å². The van der Waals surface area contributed by atoms with Crippen LogP contribution in [0.15, 0.2) is 35.7 Å². The lowest BCUT2D eigenvalue weighted by molar-refractivity contribution is 0.619. The molecule has 0 radical (unpaired) electrons. The molecule has 1 nitrogen and oxygen atoms in total. The zero-order valence-corrected chi connectivity index (χ0v) is 13.1. The topological polar surface area (TPSA) is 12.9 Å². The number of nitrogens with zero attached hydrogens (tertiary/aromatic N) is 1. The van der Waals surface area contributed by atoms with Crippen LogP contribution in [0.1, 0.15) is 10.4 Å². The van der Waals surface area contributed by atoms with Gasteiger partial charge in [-0.15, -0.1) is 34.3 Å². The van der Waals surface area contributed by atoms with Gasteiger partial charge in [0.25, 0.3) is 0 Å². The molecule has 0 fully saturated rings. The lowest BCUT2D eigenvalue weighted by Gasteiger charge is -2.02. The average Bonchev–Trinajstić information content (AvgIpc) is 3.09. The number of aromatic nitrogens is 1. The summed E-state index contributed by atoms with van der Waals surface area (Å²) in [5.74, 6) is 0.212. The second-order valence-electron chi connectivity index (χ2n) is 4.37. The first-order chi connectivity index (χ1) is 9.69. The van der Waals surface area contributed by atoms with E-state index in [2.05, 4.69) is 4.98 Å². The largest absolute Gasteiger partial charge is 0.235 e. The molecule has 0 amide bonds. The zero-order chi connectivity index (χ0) is 14.1. The molecule has 3 rings (SSSR count). The molecule has 0 spiro atoms. The van der Waals surface area contributed by atoms with Crippen molar-refractivity contribution in [3.63, 3.8) is 0 Å². The molecule has 0 unspecified atom stereocenters. The Morgan fingerprint density at radius 1 is 1.30 bits per heavy atom. The molecule has 1 aromatic carbocycles. The number of benzene rings is 1. The van der Waals surface area contributed by atoms with E-state index in [0.717, 1.165) is 26.0 Å². The van der Waals surface area contributed by atoms with Crippen LogP contribution in [-0.2, 0) is 5.88 Å². The van der Waals surface area contributed by atoms with Crippen molar-refractivity contribution in [1.29, 1.82) is 0 Å². The smallest absolute Gasteiger partial charge is 0.134 e. The fourth-order valence-corrected chi connectivity index (χ4v) is 3.99. The Labute approximate surface area is 129 Å². The minimum atomic E-state index is -0.199. The molecule has 0 saturated carbocycles. The third-order valence-electron chi connectivity index (χ3n) is 2.98. The van der Waals surface area contributed by atoms with Crippen LogP contribution in [0.25, 0.3) is 21.1 Å². The second kappa shape index (κ2) is 5.64. The Bertz CT molecular complexity index is 734. The van der Waals surface area contributed by atoms with Crippen molar-refractivity contribution in [1.82, 2.24) is 4.98 Å². The number of thiophene rings is 1. The Morgan fingerprint density at radius 2 is 2.15 bits per heavy atom. The fourth-order valence-electron chi connectivity index (χ4n) is 1.97. The van der Waals surface area contributed by atoms with Crippen LogP contribution in [-0.4, -0.2) is 4.98 Å². The van der Waals surface area contributed by atoms with E-state index in [1.54, 1.807) is 35.7 Å². The van der Waals surface area contributed by atoms with Gasteiger partial charge in [-0.1, -0.05) is 6.07 Å². The van der Waals surface area contributed by atoms with Crippen molar-refractivity contribution in [2.24, 2.45) is 0 Å². The number of hydrogen-bond acceptors (Lipinski definition) is 3. The number of hydrogen-bond donors (Lipinski definition) is 0. The lowest BCUT2D eigenvalue weighted by atomic mass is 10.1. The highest BCUT2D eigenvalue weighted by molar-refractivity contribution is 7.21. The summed E-state index contributed by atoms with van der Waals surface area (Å²) in [6.45, 7) is 1.76. The number of alkyl halides is 1. The first-order valence-electron chi connectivity index (χ1n) is 6.05. The lowest BCUT2D eigenvalue weighted by Crippen LogP contribution is -1.87. The first-order valence-corrected chi connectivity index (χ1v) is 8.28. The summed E-state index contributed by atoms with van der Waals surface area (Å²) in [5.41, 5.74) is 2.39. The Balaban J connectivity index is 2.10. The van der Waals surface area contributed by atoms with Gasteiger partial charge in [-0.25, -0.2) is 9.37 Å². The van der Waals surface area contributed by atoms with E-state index in [1.165, 1.54) is 6.07 Å². The normalized spacial score (nSPS) is 10.9. The number of rotatable bonds is 3. The minimum absolute atomic E-state index is 0.199. The summed E-state index contributed by atoms with van der Waals surface area (Å²) in [6.07, 6.45) is 0. The molecule has 0 saturated heterocycles. The van der Waals surface area contributed by atoms with E-state index in [9.17, 15) is 4.39 Å². The molecular formula is C15H11ClFNS2. The van der Waals surface area contributed by atoms with Gasteiger partial charge >= 0.3 is 0 Å². The number of aryl methyl sites for hydroxylation is 1. The van der Waals surface area contributed by atoms with Crippen LogP contribution < -0.4 is 0 Å². The van der Waals surface area contributed by atoms with Crippen LogP contribution in [0.5, 0.6) is 0 Å². The maximum absolute atomic E-state index is 13.4. The molecule has 102 valence electrons. The van der Waals surface area contributed by atoms with Crippen LogP contribution in [0.3, 0.4) is 0 Å². The standard InChI is InChI=1S/C15H11ClFNS2/c1-9-7-10(4-5-11(9)17)14-13(8-16)20-15(18-14)12-3-2-6-19-12/h2-7H,8H2,1H3. The molecule has 2 aromatic heterocycles. The molecule has 5 heteroatoms. The van der Waals surface area contributed by atoms with Gasteiger partial charge in [-0.05, 0) is 42.1 Å². The second-order valence-corrected chi connectivity index (χ2v) is 6.66. The highest BCUT2D eigenvalue weighted by atomic mass is 35.5. The van der Waals surface area contributed by atoms with Gasteiger partial charge in [0.1, 0.15) is 10.8 Å². The molecule has 0 atom stereocenters. The number of thiazole rings is 1. The molecular weight excluding hydrogens is 313 g/mol. The van der Waals surface area contributed by atoms with Crippen molar-refractivity contribution in [3.05, 3.63) is 52.0 Å². The summed E-state index contributed by atoms with van der Waals surface area (Å²) in [5, 5.41) is 2.99. The van der Waals surface area contributed by atoms with Crippen molar-refractivity contribution in [2.75, 3.05) is 0 Å². The van der Waals surface area contributed by atoms with Gasteiger partial charge in [0.15, 0.2) is 0 Å². The molecule has 2 heterocycles. The van der Waals surface area contributed by atoms with E-state index in [1.807, 2.05) is 23.6 Å². The van der Waals surface area contributed by atoms with Gasteiger partial charge in [0.05, 0.1) is 16.5 Å². The van der Waals surface area contributed by atoms with Gasteiger partial charge in [-0.3, -0.25) is 0 Å². The Kier molecular flexibility index (Phi) is 3.87. The summed E-state index contributed by atoms with van der Waals surface area (Å²) >= 11 is 9.28. The molecule has 0 aliphatic heterocycles. The predicted octanol–water partition coefficient (Wildman–Crippen LogP) is 5.72. The van der Waals surface area contributed by atoms with E-state index in [4.69, 9.17) is 11.6 Å². The van der Waals surface area contributed by atoms with Crippen molar-refractivity contribution in [3.8, 4) is 21.1 Å². The van der Waals surface area contributed by atoms with Crippen LogP contribution in [0.4, 0.5) is 4.39 Å². The Hall–Kier alpha value is -1.23. The SMILES string of the molecule is Cc1cc(-c2nc(-c3cccs3)sc2CCl)ccc1F. The van der Waals surface area contributed by atoms with E-state index in [0.29, 0.717) is 11.4 Å². The van der Waals surface area contributed by atoms with Gasteiger partial charge < -0.3 is 0 Å². The molecule has 0 bridgehead atoms. The van der Waals surface area contributed by atoms with Crippen molar-refractivity contribution in [2.45, 2.75) is 12.8 Å². The molecule has 0 N–H and O–H groups in total. The minimum Gasteiger partial charge on any atom is -0.235 e. The summed E-state index contributed by atoms with van der Waals surface area (Å²) < 4.78 is 13.4. The third kappa shape index (κ3) is 2.51. The van der Waals surface area contributed by atoms with E-state index in [-0.39, 0.29) is 5.82 Å². The van der Waals surface area contributed by atoms with Gasteiger partial charge in [0.2, 0.25) is 0 Å². The van der Waals surface area contributed by atoms with Gasteiger partial charge in [-0.2, -0.15) is 0 Å². The summed E-state index contributed by atoms with van der Waals surface area (Å²) in [4.78, 5) is 6.83. The summed E-state index contributed by atoms with van der Waals surface area (Å²) in [7, 11) is 0. The maximum Gasteiger partial charge on any atom is 0.134 e. The summed E-state index contributed by atoms with van der Waals surface area (Å²) in [6, 6.07) is 9.10. The fraction of sp³-hybridized carbons (Fsp3) is 0.133. The Morgan fingerprint density at radius 3 is 2.80 bits per heavy atom. The maximum atomic E-state index is 13.4. The highest BCUT2D eigenvalue weighted by Crippen LogP contribution is 2.36. The molecule has 3 aromatic rings. The van der Waals surface area contributed by atoms with E-state index < -0.39 is 0 Å². The highest BCUT2D eigenvalue weighted by Gasteiger charge is 2.15. The molecule has 20 heavy (non-hydrogen) atoms. The van der Waals surface area contributed by atoms with Gasteiger partial charge in [0, 0.05) is 10.4 Å². The first kappa shape index (κ1) is 13.7. The van der Waals surface area contributed by atoms with Crippen LogP contribution >= 0.6 is 34.3 Å². The molecule has 0 aliphatic rings. The monoisotopic (exact) mass is 323 g/mol. The predicted molar refractivity (Wildman–Crippen MR) is 85.1 cm³/mol. The third-order valence-corrected chi connectivity index (χ3v) is 5.50. The number of halogens is 2. The molecule has 0 aliphatic carbocycles. The average molecular weight is 324 g/mol.